The molecular formula is C23H36IN7O. The minimum atomic E-state index is 0. The van der Waals surface area contributed by atoms with E-state index in [1.807, 2.05) is 23.0 Å². The molecule has 32 heavy (non-hydrogen) atoms. The fraction of sp³-hybridized carbons (Fsp3) is 0.609. The first-order valence-corrected chi connectivity index (χ1v) is 11.6. The van der Waals surface area contributed by atoms with Crippen molar-refractivity contribution in [2.45, 2.75) is 51.1 Å². The van der Waals surface area contributed by atoms with Gasteiger partial charge in [-0.25, -0.2) is 15.0 Å². The minimum Gasteiger partial charge on any atom is -0.379 e. The van der Waals surface area contributed by atoms with Gasteiger partial charge in [0.1, 0.15) is 12.1 Å². The predicted octanol–water partition coefficient (Wildman–Crippen LogP) is 2.98. The van der Waals surface area contributed by atoms with Crippen molar-refractivity contribution in [2.75, 3.05) is 39.4 Å². The van der Waals surface area contributed by atoms with Crippen LogP contribution in [0.5, 0.6) is 0 Å². The molecule has 0 unspecified atom stereocenters. The Balaban J connectivity index is 0.00000289. The number of rotatable bonds is 7. The summed E-state index contributed by atoms with van der Waals surface area (Å²) in [5, 5.41) is 7.07. The lowest BCUT2D eigenvalue weighted by Crippen LogP contribution is -2.60. The molecule has 0 atom stereocenters. The van der Waals surface area contributed by atoms with Gasteiger partial charge in [-0.15, -0.1) is 24.0 Å². The molecule has 2 N–H and O–H groups in total. The lowest BCUT2D eigenvalue weighted by Gasteiger charge is -2.48. The van der Waals surface area contributed by atoms with Gasteiger partial charge in [0.25, 0.3) is 0 Å². The Morgan fingerprint density at radius 1 is 1.16 bits per heavy atom. The summed E-state index contributed by atoms with van der Waals surface area (Å²) in [5.74, 6) is 1.74. The van der Waals surface area contributed by atoms with Crippen molar-refractivity contribution in [3.8, 4) is 5.82 Å². The van der Waals surface area contributed by atoms with Crippen molar-refractivity contribution in [1.29, 1.82) is 0 Å². The van der Waals surface area contributed by atoms with E-state index in [2.05, 4.69) is 38.5 Å². The average molecular weight is 553 g/mol. The Morgan fingerprint density at radius 2 is 1.97 bits per heavy atom. The molecule has 8 nitrogen and oxygen atoms in total. The van der Waals surface area contributed by atoms with Gasteiger partial charge in [-0.2, -0.15) is 0 Å². The third-order valence-corrected chi connectivity index (χ3v) is 6.39. The van der Waals surface area contributed by atoms with Crippen LogP contribution < -0.4 is 10.6 Å². The SMILES string of the molecule is CCNC(=NCc1ccc(-n2ccnc2)nc1)NCC1(N2CCOCC2)CCCCC1.I. The Kier molecular flexibility index (Phi) is 9.73. The lowest BCUT2D eigenvalue weighted by molar-refractivity contribution is -0.0352. The van der Waals surface area contributed by atoms with Crippen molar-refractivity contribution in [1.82, 2.24) is 30.1 Å². The second-order valence-corrected chi connectivity index (χ2v) is 8.43. The normalized spacial score (nSPS) is 19.2. The molecule has 176 valence electrons. The number of pyridine rings is 1. The summed E-state index contributed by atoms with van der Waals surface area (Å²) in [6, 6.07) is 4.08. The van der Waals surface area contributed by atoms with Gasteiger partial charge in [0.15, 0.2) is 5.96 Å². The zero-order valence-electron chi connectivity index (χ0n) is 19.0. The van der Waals surface area contributed by atoms with E-state index in [0.29, 0.717) is 6.54 Å². The summed E-state index contributed by atoms with van der Waals surface area (Å²) in [5.41, 5.74) is 1.30. The Hall–Kier alpha value is -1.72. The summed E-state index contributed by atoms with van der Waals surface area (Å²) in [7, 11) is 0. The third-order valence-electron chi connectivity index (χ3n) is 6.39. The molecule has 4 rings (SSSR count). The molecule has 1 aliphatic heterocycles. The van der Waals surface area contributed by atoms with E-state index in [4.69, 9.17) is 9.73 Å². The highest BCUT2D eigenvalue weighted by Crippen LogP contribution is 2.33. The second-order valence-electron chi connectivity index (χ2n) is 8.43. The van der Waals surface area contributed by atoms with Crippen molar-refractivity contribution in [3.05, 3.63) is 42.6 Å². The molecule has 1 saturated carbocycles. The van der Waals surface area contributed by atoms with Crippen molar-refractivity contribution in [3.63, 3.8) is 0 Å². The zero-order chi connectivity index (χ0) is 21.4. The van der Waals surface area contributed by atoms with Crippen LogP contribution in [0.2, 0.25) is 0 Å². The fourth-order valence-corrected chi connectivity index (χ4v) is 4.67. The number of aromatic nitrogens is 3. The lowest BCUT2D eigenvalue weighted by atomic mass is 9.80. The molecule has 2 aromatic heterocycles. The molecule has 9 heteroatoms. The van der Waals surface area contributed by atoms with Crippen LogP contribution in [0.15, 0.2) is 42.0 Å². The van der Waals surface area contributed by atoms with Crippen LogP contribution in [0.25, 0.3) is 5.82 Å². The maximum atomic E-state index is 5.61. The highest BCUT2D eigenvalue weighted by atomic mass is 127. The fourth-order valence-electron chi connectivity index (χ4n) is 4.67. The molecule has 2 aliphatic rings. The van der Waals surface area contributed by atoms with E-state index < -0.39 is 0 Å². The number of nitrogens with zero attached hydrogens (tertiary/aromatic N) is 5. The van der Waals surface area contributed by atoms with Gasteiger partial charge in [0, 0.05) is 50.3 Å². The number of morpholine rings is 1. The van der Waals surface area contributed by atoms with Gasteiger partial charge in [-0.3, -0.25) is 9.47 Å². The Labute approximate surface area is 208 Å². The number of imidazole rings is 1. The van der Waals surface area contributed by atoms with E-state index >= 15 is 0 Å². The largest absolute Gasteiger partial charge is 0.379 e. The van der Waals surface area contributed by atoms with E-state index in [1.165, 1.54) is 32.1 Å². The molecule has 0 radical (unpaired) electrons. The number of ether oxygens (including phenoxy) is 1. The first kappa shape index (κ1) is 24.9. The van der Waals surface area contributed by atoms with Crippen LogP contribution >= 0.6 is 24.0 Å². The van der Waals surface area contributed by atoms with E-state index in [9.17, 15) is 0 Å². The van der Waals surface area contributed by atoms with Crippen molar-refractivity contribution in [2.24, 2.45) is 4.99 Å². The van der Waals surface area contributed by atoms with Gasteiger partial charge in [0.05, 0.1) is 19.8 Å². The molecule has 0 bridgehead atoms. The Bertz CT molecular complexity index is 813. The summed E-state index contributed by atoms with van der Waals surface area (Å²) in [6.07, 6.45) is 13.7. The standard InChI is InChI=1S/C23H35N7O.HI/c1-2-25-22(27-17-20-6-7-21(26-16-20)29-11-10-24-19-29)28-18-23(8-4-3-5-9-23)30-12-14-31-15-13-30;/h6-7,10-11,16,19H,2-5,8-9,12-15,17-18H2,1H3,(H2,25,27,28);1H. The van der Waals surface area contributed by atoms with Gasteiger partial charge in [-0.1, -0.05) is 25.3 Å². The first-order valence-electron chi connectivity index (χ1n) is 11.6. The average Bonchev–Trinajstić information content (AvgIpc) is 3.37. The van der Waals surface area contributed by atoms with Gasteiger partial charge in [0.2, 0.25) is 0 Å². The molecular weight excluding hydrogens is 517 g/mol. The van der Waals surface area contributed by atoms with Crippen LogP contribution in [-0.4, -0.2) is 70.3 Å². The van der Waals surface area contributed by atoms with Gasteiger partial charge < -0.3 is 15.4 Å². The number of aliphatic imine (C=N–C) groups is 1. The molecule has 0 spiro atoms. The number of guanidine groups is 1. The van der Waals surface area contributed by atoms with Gasteiger partial charge >= 0.3 is 0 Å². The topological polar surface area (TPSA) is 79.6 Å². The van der Waals surface area contributed by atoms with Crippen LogP contribution in [0.1, 0.15) is 44.6 Å². The predicted molar refractivity (Wildman–Crippen MR) is 138 cm³/mol. The summed E-state index contributed by atoms with van der Waals surface area (Å²) < 4.78 is 7.51. The van der Waals surface area contributed by atoms with E-state index in [-0.39, 0.29) is 29.5 Å². The molecule has 3 heterocycles. The minimum absolute atomic E-state index is 0. The zero-order valence-corrected chi connectivity index (χ0v) is 21.3. The quantitative estimate of drug-likeness (QED) is 0.312. The second kappa shape index (κ2) is 12.5. The van der Waals surface area contributed by atoms with Crippen LogP contribution in [0, 0.1) is 0 Å². The highest BCUT2D eigenvalue weighted by Gasteiger charge is 2.38. The summed E-state index contributed by atoms with van der Waals surface area (Å²) in [6.45, 7) is 8.23. The third kappa shape index (κ3) is 6.41. The molecule has 0 amide bonds. The van der Waals surface area contributed by atoms with Crippen LogP contribution in [0.3, 0.4) is 0 Å². The van der Waals surface area contributed by atoms with Gasteiger partial charge in [-0.05, 0) is 31.4 Å². The Morgan fingerprint density at radius 3 is 2.62 bits per heavy atom. The first-order chi connectivity index (χ1) is 15.3. The van der Waals surface area contributed by atoms with E-state index in [1.54, 1.807) is 12.5 Å². The smallest absolute Gasteiger partial charge is 0.191 e. The number of hydrogen-bond donors (Lipinski definition) is 2. The maximum Gasteiger partial charge on any atom is 0.191 e. The summed E-state index contributed by atoms with van der Waals surface area (Å²) >= 11 is 0. The van der Waals surface area contributed by atoms with Crippen molar-refractivity contribution >= 4 is 29.9 Å². The highest BCUT2D eigenvalue weighted by molar-refractivity contribution is 14.0. The van der Waals surface area contributed by atoms with E-state index in [0.717, 1.165) is 56.7 Å². The summed E-state index contributed by atoms with van der Waals surface area (Å²) in [4.78, 5) is 16.1. The molecule has 1 saturated heterocycles. The maximum absolute atomic E-state index is 5.61. The molecule has 2 fully saturated rings. The molecule has 1 aliphatic carbocycles. The number of halogens is 1. The monoisotopic (exact) mass is 553 g/mol. The number of nitrogens with one attached hydrogen (secondary N) is 2. The number of hydrogen-bond acceptors (Lipinski definition) is 5. The van der Waals surface area contributed by atoms with Crippen LogP contribution in [-0.2, 0) is 11.3 Å². The van der Waals surface area contributed by atoms with Crippen molar-refractivity contribution < 1.29 is 4.74 Å². The molecule has 0 aromatic carbocycles. The van der Waals surface area contributed by atoms with Crippen LogP contribution in [0.4, 0.5) is 0 Å². The molecule has 2 aromatic rings.